The zero-order valence-electron chi connectivity index (χ0n) is 23.4. The summed E-state index contributed by atoms with van der Waals surface area (Å²) in [5.74, 6) is -3.71. The molecule has 14 heteroatoms. The van der Waals surface area contributed by atoms with E-state index in [0.29, 0.717) is 24.6 Å². The molecule has 3 heterocycles. The van der Waals surface area contributed by atoms with Crippen molar-refractivity contribution in [1.29, 1.82) is 0 Å². The number of nitrogens with zero attached hydrogens (tertiary/aromatic N) is 2. The number of aromatic nitrogens is 1. The maximum atomic E-state index is 14.4. The number of pyridine rings is 1. The smallest absolute Gasteiger partial charge is 0.251 e. The fourth-order valence-electron chi connectivity index (χ4n) is 4.48. The lowest BCUT2D eigenvalue weighted by Gasteiger charge is -2.19. The second kappa shape index (κ2) is 15.8. The molecule has 43 heavy (non-hydrogen) atoms. The molecule has 2 unspecified atom stereocenters. The Morgan fingerprint density at radius 2 is 1.74 bits per heavy atom. The van der Waals surface area contributed by atoms with Gasteiger partial charge in [0.15, 0.2) is 18.5 Å². The molecule has 5 rings (SSSR count). The van der Waals surface area contributed by atoms with Crippen LogP contribution in [0.25, 0.3) is 0 Å². The normalized spacial score (nSPS) is 17.4. The summed E-state index contributed by atoms with van der Waals surface area (Å²) in [5.41, 5.74) is 0.258. The quantitative estimate of drug-likeness (QED) is 0.357. The van der Waals surface area contributed by atoms with Crippen molar-refractivity contribution in [3.8, 4) is 5.75 Å². The van der Waals surface area contributed by atoms with Gasteiger partial charge in [0.2, 0.25) is 5.91 Å². The number of anilines is 2. The molecular formula is C29H31F5N4O5. The van der Waals surface area contributed by atoms with Gasteiger partial charge in [-0.1, -0.05) is 0 Å². The number of halogens is 5. The molecule has 1 aromatic heterocycles. The minimum Gasteiger partial charge on any atom is -0.497 e. The summed E-state index contributed by atoms with van der Waals surface area (Å²) in [6, 6.07) is 10.3. The number of alkyl halides is 1. The number of amides is 2. The first-order valence-corrected chi connectivity index (χ1v) is 13.1. The van der Waals surface area contributed by atoms with Crippen LogP contribution < -0.4 is 20.3 Å². The Morgan fingerprint density at radius 1 is 1.09 bits per heavy atom. The van der Waals surface area contributed by atoms with Crippen LogP contribution in [-0.4, -0.2) is 68.7 Å². The van der Waals surface area contributed by atoms with Gasteiger partial charge in [-0.25, -0.2) is 26.9 Å². The Bertz CT molecular complexity index is 1370. The Labute approximate surface area is 244 Å². The molecule has 0 bridgehead atoms. The number of hydrogen-bond acceptors (Lipinski definition) is 7. The molecule has 232 valence electrons. The number of rotatable bonds is 6. The summed E-state index contributed by atoms with van der Waals surface area (Å²) in [7, 11) is 2.84. The van der Waals surface area contributed by atoms with Crippen molar-refractivity contribution in [3.63, 3.8) is 0 Å². The van der Waals surface area contributed by atoms with Gasteiger partial charge < -0.3 is 25.2 Å². The van der Waals surface area contributed by atoms with E-state index in [4.69, 9.17) is 14.6 Å². The SMILES string of the molecule is CNC(=O)c1ccc(F)cc1.COc1cc(F)c(C2CC(=O)N(c3nc(NC4CCOC4)ccc3F)C2)c(F)c1.OCF. The van der Waals surface area contributed by atoms with Gasteiger partial charge in [0, 0.05) is 55.8 Å². The van der Waals surface area contributed by atoms with E-state index in [9.17, 15) is 31.5 Å². The summed E-state index contributed by atoms with van der Waals surface area (Å²) in [5, 5.41) is 12.5. The molecule has 9 nitrogen and oxygen atoms in total. The van der Waals surface area contributed by atoms with Gasteiger partial charge >= 0.3 is 0 Å². The largest absolute Gasteiger partial charge is 0.497 e. The fourth-order valence-corrected chi connectivity index (χ4v) is 4.48. The molecule has 0 saturated carbocycles. The Kier molecular flexibility index (Phi) is 12.2. The van der Waals surface area contributed by atoms with E-state index < -0.39 is 36.1 Å². The minimum absolute atomic E-state index is 0.0484. The number of carbonyl (C=O) groups excluding carboxylic acids is 2. The van der Waals surface area contributed by atoms with Crippen molar-refractivity contribution < 1.29 is 46.1 Å². The Hall–Kier alpha value is -4.30. The zero-order chi connectivity index (χ0) is 31.5. The lowest BCUT2D eigenvalue weighted by atomic mass is 9.97. The van der Waals surface area contributed by atoms with E-state index >= 15 is 0 Å². The minimum atomic E-state index is -1.25. The van der Waals surface area contributed by atoms with Crippen LogP contribution in [0.4, 0.5) is 33.6 Å². The van der Waals surface area contributed by atoms with Crippen molar-refractivity contribution in [1.82, 2.24) is 10.3 Å². The molecule has 2 fully saturated rings. The lowest BCUT2D eigenvalue weighted by Crippen LogP contribution is -2.27. The number of benzene rings is 2. The summed E-state index contributed by atoms with van der Waals surface area (Å²) in [6.45, 7) is -0.162. The van der Waals surface area contributed by atoms with Crippen LogP contribution in [0.2, 0.25) is 0 Å². The van der Waals surface area contributed by atoms with E-state index in [-0.39, 0.29) is 47.9 Å². The van der Waals surface area contributed by atoms with E-state index in [1.165, 1.54) is 50.6 Å². The van der Waals surface area contributed by atoms with Crippen molar-refractivity contribution >= 4 is 23.5 Å². The number of hydrogen-bond donors (Lipinski definition) is 3. The number of aliphatic hydroxyl groups excluding tert-OH is 1. The zero-order valence-corrected chi connectivity index (χ0v) is 23.4. The number of aliphatic hydroxyl groups is 1. The van der Waals surface area contributed by atoms with Gasteiger partial charge in [0.25, 0.3) is 5.91 Å². The fraction of sp³-hybridized carbons (Fsp3) is 0.345. The molecule has 2 aromatic carbocycles. The predicted octanol–water partition coefficient (Wildman–Crippen LogP) is 4.32. The second-order valence-electron chi connectivity index (χ2n) is 9.32. The summed E-state index contributed by atoms with van der Waals surface area (Å²) in [6.07, 6.45) is 0.657. The average Bonchev–Trinajstić information content (AvgIpc) is 3.64. The highest BCUT2D eigenvalue weighted by Crippen LogP contribution is 2.36. The number of methoxy groups -OCH3 is 1. The van der Waals surface area contributed by atoms with Crippen LogP contribution >= 0.6 is 0 Å². The van der Waals surface area contributed by atoms with Gasteiger partial charge in [-0.05, 0) is 42.8 Å². The number of ether oxygens (including phenoxy) is 2. The van der Waals surface area contributed by atoms with Gasteiger partial charge in [0.1, 0.15) is 29.0 Å². The molecule has 2 atom stereocenters. The molecule has 0 aliphatic carbocycles. The highest BCUT2D eigenvalue weighted by Gasteiger charge is 2.37. The van der Waals surface area contributed by atoms with Gasteiger partial charge in [0.05, 0.1) is 19.8 Å². The van der Waals surface area contributed by atoms with Crippen LogP contribution in [0.3, 0.4) is 0 Å². The first-order chi connectivity index (χ1) is 20.6. The third-order valence-corrected chi connectivity index (χ3v) is 6.52. The summed E-state index contributed by atoms with van der Waals surface area (Å²) < 4.78 is 75.6. The van der Waals surface area contributed by atoms with Crippen molar-refractivity contribution in [2.45, 2.75) is 24.8 Å². The molecule has 2 saturated heterocycles. The first kappa shape index (κ1) is 33.2. The van der Waals surface area contributed by atoms with E-state index in [1.54, 1.807) is 0 Å². The third-order valence-electron chi connectivity index (χ3n) is 6.52. The monoisotopic (exact) mass is 610 g/mol. The number of carbonyl (C=O) groups is 2. The standard InChI is InChI=1S/C20H20F3N3O3.C8H8FNO.CH3FO/c1-28-13-7-15(22)19(16(23)8-13)11-6-18(27)26(9-11)20-14(21)2-3-17(25-20)24-12-4-5-29-10-12;1-10-8(11)6-2-4-7(9)5-3-6;2-1-3/h2-3,7-8,11-12H,4-6,9-10H2,1H3,(H,24,25);2-5H,1H3,(H,10,11);3H,1H2. The van der Waals surface area contributed by atoms with E-state index in [0.717, 1.165) is 23.5 Å². The number of nitrogens with one attached hydrogen (secondary N) is 2. The maximum Gasteiger partial charge on any atom is 0.251 e. The molecule has 0 radical (unpaired) electrons. The lowest BCUT2D eigenvalue weighted by molar-refractivity contribution is -0.117. The first-order valence-electron chi connectivity index (χ1n) is 13.1. The van der Waals surface area contributed by atoms with Crippen LogP contribution in [0.15, 0.2) is 48.5 Å². The summed E-state index contributed by atoms with van der Waals surface area (Å²) in [4.78, 5) is 28.8. The predicted molar refractivity (Wildman–Crippen MR) is 148 cm³/mol. The Morgan fingerprint density at radius 3 is 2.30 bits per heavy atom. The van der Waals surface area contributed by atoms with Crippen LogP contribution in [0, 0.1) is 23.3 Å². The maximum absolute atomic E-state index is 14.4. The second-order valence-corrected chi connectivity index (χ2v) is 9.32. The van der Waals surface area contributed by atoms with Crippen LogP contribution in [-0.2, 0) is 9.53 Å². The highest BCUT2D eigenvalue weighted by molar-refractivity contribution is 5.96. The van der Waals surface area contributed by atoms with Gasteiger partial charge in [-0.3, -0.25) is 14.5 Å². The van der Waals surface area contributed by atoms with Crippen LogP contribution in [0.1, 0.15) is 34.7 Å². The van der Waals surface area contributed by atoms with Crippen molar-refractivity contribution in [3.05, 3.63) is 82.9 Å². The van der Waals surface area contributed by atoms with Gasteiger partial charge in [-0.15, -0.1) is 0 Å². The van der Waals surface area contributed by atoms with E-state index in [1.807, 2.05) is 0 Å². The van der Waals surface area contributed by atoms with Crippen molar-refractivity contribution in [2.24, 2.45) is 0 Å². The highest BCUT2D eigenvalue weighted by atomic mass is 19.1. The third kappa shape index (κ3) is 8.85. The van der Waals surface area contributed by atoms with Crippen LogP contribution in [0.5, 0.6) is 5.75 Å². The topological polar surface area (TPSA) is 113 Å². The van der Waals surface area contributed by atoms with Gasteiger partial charge in [-0.2, -0.15) is 0 Å². The van der Waals surface area contributed by atoms with Crippen molar-refractivity contribution in [2.75, 3.05) is 51.0 Å². The molecule has 3 aromatic rings. The molecule has 2 amide bonds. The molecular weight excluding hydrogens is 579 g/mol. The molecule has 2 aliphatic rings. The Balaban J connectivity index is 0.000000301. The molecule has 3 N–H and O–H groups in total. The molecule has 0 spiro atoms. The molecule has 2 aliphatic heterocycles. The summed E-state index contributed by atoms with van der Waals surface area (Å²) >= 11 is 0. The average molecular weight is 611 g/mol. The van der Waals surface area contributed by atoms with E-state index in [2.05, 4.69) is 15.6 Å².